The van der Waals surface area contributed by atoms with Gasteiger partial charge in [0.25, 0.3) is 11.8 Å². The van der Waals surface area contributed by atoms with E-state index in [1.54, 1.807) is 28.8 Å². The van der Waals surface area contributed by atoms with Crippen LogP contribution < -0.4 is 20.1 Å². The number of carbonyl (C=O) groups excluding carboxylic acids is 2. The molecule has 0 aliphatic heterocycles. The average Bonchev–Trinajstić information content (AvgIpc) is 2.69. The number of benzene rings is 2. The Kier molecular flexibility index (Phi) is 6.01. The third kappa shape index (κ3) is 4.94. The number of nitrogens with one attached hydrogen (secondary N) is 2. The predicted molar refractivity (Wildman–Crippen MR) is 110 cm³/mol. The van der Waals surface area contributed by atoms with Crippen molar-refractivity contribution < 1.29 is 14.2 Å². The number of aromatic nitrogens is 1. The number of hydrogen-bond acceptors (Lipinski definition) is 3. The Labute approximate surface area is 164 Å². The van der Waals surface area contributed by atoms with Gasteiger partial charge in [-0.3, -0.25) is 9.59 Å². The number of carbonyl (C=O) groups is 2. The molecule has 3 rings (SSSR count). The van der Waals surface area contributed by atoms with Crippen LogP contribution in [0.3, 0.4) is 0 Å². The molecule has 2 aromatic carbocycles. The van der Waals surface area contributed by atoms with Gasteiger partial charge in [-0.15, -0.1) is 0 Å². The number of anilines is 3. The first kappa shape index (κ1) is 19.1. The van der Waals surface area contributed by atoms with E-state index in [1.165, 1.54) is 0 Å². The molecule has 3 aromatic rings. The van der Waals surface area contributed by atoms with Crippen molar-refractivity contribution in [2.75, 3.05) is 29.6 Å². The number of para-hydroxylation sites is 2. The van der Waals surface area contributed by atoms with Crippen molar-refractivity contribution in [3.8, 4) is 0 Å². The Bertz CT molecular complexity index is 954. The summed E-state index contributed by atoms with van der Waals surface area (Å²) in [6.07, 6.45) is 3.70. The molecule has 0 spiro atoms. The van der Waals surface area contributed by atoms with Crippen LogP contribution in [0.15, 0.2) is 79.1 Å². The van der Waals surface area contributed by atoms with Crippen molar-refractivity contribution in [3.63, 3.8) is 0 Å². The lowest BCUT2D eigenvalue weighted by Crippen LogP contribution is -2.39. The van der Waals surface area contributed by atoms with Gasteiger partial charge in [0.1, 0.15) is 0 Å². The van der Waals surface area contributed by atoms with Crippen molar-refractivity contribution in [2.45, 2.75) is 6.54 Å². The van der Waals surface area contributed by atoms with E-state index in [2.05, 4.69) is 10.6 Å². The summed E-state index contributed by atoms with van der Waals surface area (Å²) in [4.78, 5) is 27.1. The highest BCUT2D eigenvalue weighted by Gasteiger charge is 2.15. The first-order chi connectivity index (χ1) is 13.5. The van der Waals surface area contributed by atoms with E-state index in [1.807, 2.05) is 73.9 Å². The number of pyridine rings is 1. The Balaban J connectivity index is 1.68. The van der Waals surface area contributed by atoms with E-state index < -0.39 is 0 Å². The molecule has 0 radical (unpaired) electrons. The number of nitrogens with zero attached hydrogens (tertiary/aromatic N) is 2. The molecule has 28 heavy (non-hydrogen) atoms. The maximum Gasteiger partial charge on any atom is 0.290 e. The number of rotatable bonds is 6. The lowest BCUT2D eigenvalue weighted by Gasteiger charge is -2.11. The van der Waals surface area contributed by atoms with Crippen LogP contribution in [0.2, 0.25) is 0 Å². The van der Waals surface area contributed by atoms with Gasteiger partial charge in [-0.05, 0) is 24.3 Å². The molecule has 2 amide bonds. The molecule has 1 aromatic heterocycles. The van der Waals surface area contributed by atoms with E-state index >= 15 is 0 Å². The van der Waals surface area contributed by atoms with Crippen molar-refractivity contribution >= 4 is 28.9 Å². The summed E-state index contributed by atoms with van der Waals surface area (Å²) in [6, 6.07) is 20.0. The number of hydrogen-bond donors (Lipinski definition) is 2. The van der Waals surface area contributed by atoms with Gasteiger partial charge in [-0.1, -0.05) is 30.3 Å². The molecule has 1 heterocycles. The minimum atomic E-state index is -0.273. The molecule has 142 valence electrons. The average molecular weight is 375 g/mol. The van der Waals surface area contributed by atoms with Crippen molar-refractivity contribution in [1.29, 1.82) is 0 Å². The SMILES string of the molecule is CN(C)c1cc[n+](CC(=O)Nc2ccccc2C(=O)Nc2ccccc2)cc1. The van der Waals surface area contributed by atoms with E-state index in [-0.39, 0.29) is 18.4 Å². The van der Waals surface area contributed by atoms with Gasteiger partial charge in [0, 0.05) is 37.6 Å². The zero-order valence-electron chi connectivity index (χ0n) is 15.9. The molecule has 0 fully saturated rings. The molecule has 0 aliphatic carbocycles. The highest BCUT2D eigenvalue weighted by atomic mass is 16.2. The second-order valence-electron chi connectivity index (χ2n) is 6.54. The van der Waals surface area contributed by atoms with Crippen LogP contribution in [0.5, 0.6) is 0 Å². The summed E-state index contributed by atoms with van der Waals surface area (Å²) in [5, 5.41) is 5.67. The molecular formula is C22H23N4O2+. The lowest BCUT2D eigenvalue weighted by atomic mass is 10.1. The third-order valence-corrected chi connectivity index (χ3v) is 4.19. The fraction of sp³-hybridized carbons (Fsp3) is 0.136. The fourth-order valence-corrected chi connectivity index (χ4v) is 2.72. The van der Waals surface area contributed by atoms with Crippen LogP contribution >= 0.6 is 0 Å². The highest BCUT2D eigenvalue weighted by Crippen LogP contribution is 2.17. The number of amides is 2. The second-order valence-corrected chi connectivity index (χ2v) is 6.54. The normalized spacial score (nSPS) is 10.2. The molecule has 0 bridgehead atoms. The van der Waals surface area contributed by atoms with Crippen LogP contribution in [-0.2, 0) is 11.3 Å². The molecule has 0 aliphatic rings. The first-order valence-corrected chi connectivity index (χ1v) is 8.94. The van der Waals surface area contributed by atoms with Crippen LogP contribution in [0, 0.1) is 0 Å². The van der Waals surface area contributed by atoms with Crippen LogP contribution in [0.1, 0.15) is 10.4 Å². The maximum absolute atomic E-state index is 12.6. The molecule has 6 nitrogen and oxygen atoms in total. The summed E-state index contributed by atoms with van der Waals surface area (Å²) in [6.45, 7) is 0.155. The van der Waals surface area contributed by atoms with Crippen LogP contribution in [0.4, 0.5) is 17.1 Å². The molecule has 0 saturated heterocycles. The predicted octanol–water partition coefficient (Wildman–Crippen LogP) is 2.93. The first-order valence-electron chi connectivity index (χ1n) is 8.94. The van der Waals surface area contributed by atoms with Gasteiger partial charge in [0.15, 0.2) is 12.4 Å². The third-order valence-electron chi connectivity index (χ3n) is 4.19. The molecule has 6 heteroatoms. The van der Waals surface area contributed by atoms with Gasteiger partial charge < -0.3 is 15.5 Å². The Morgan fingerprint density at radius 2 is 1.50 bits per heavy atom. The van der Waals surface area contributed by atoms with Crippen LogP contribution in [0.25, 0.3) is 0 Å². The van der Waals surface area contributed by atoms with Crippen molar-refractivity contribution in [2.24, 2.45) is 0 Å². The van der Waals surface area contributed by atoms with Gasteiger partial charge in [-0.25, -0.2) is 0 Å². The molecule has 0 atom stereocenters. The summed E-state index contributed by atoms with van der Waals surface area (Å²) in [7, 11) is 3.92. The van der Waals surface area contributed by atoms with E-state index in [9.17, 15) is 9.59 Å². The minimum absolute atomic E-state index is 0.155. The molecule has 0 unspecified atom stereocenters. The van der Waals surface area contributed by atoms with Crippen molar-refractivity contribution in [3.05, 3.63) is 84.7 Å². The highest BCUT2D eigenvalue weighted by molar-refractivity contribution is 6.10. The lowest BCUT2D eigenvalue weighted by molar-refractivity contribution is -0.684. The summed E-state index contributed by atoms with van der Waals surface area (Å²) in [5.74, 6) is -0.479. The standard InChI is InChI=1S/C22H22N4O2/c1-25(2)18-12-14-26(15-13-18)16-21(27)24-20-11-7-6-10-19(20)22(28)23-17-8-4-3-5-9-17/h3-15H,16H2,1-2H3,(H-,23,24,27,28)/p+1. The quantitative estimate of drug-likeness (QED) is 0.651. The topological polar surface area (TPSA) is 65.3 Å². The summed E-state index contributed by atoms with van der Waals surface area (Å²) >= 11 is 0. The zero-order valence-corrected chi connectivity index (χ0v) is 15.9. The Morgan fingerprint density at radius 1 is 0.857 bits per heavy atom. The molecule has 2 N–H and O–H groups in total. The van der Waals surface area contributed by atoms with Gasteiger partial charge in [-0.2, -0.15) is 4.57 Å². The Morgan fingerprint density at radius 3 is 2.18 bits per heavy atom. The van der Waals surface area contributed by atoms with Crippen LogP contribution in [-0.4, -0.2) is 25.9 Å². The molecule has 0 saturated carbocycles. The summed E-state index contributed by atoms with van der Waals surface area (Å²) in [5.41, 5.74) is 2.64. The largest absolute Gasteiger partial charge is 0.377 e. The van der Waals surface area contributed by atoms with Gasteiger partial charge in [0.05, 0.1) is 11.3 Å². The Hall–Kier alpha value is -3.67. The molecular weight excluding hydrogens is 352 g/mol. The van der Waals surface area contributed by atoms with E-state index in [0.717, 1.165) is 5.69 Å². The monoisotopic (exact) mass is 375 g/mol. The minimum Gasteiger partial charge on any atom is -0.377 e. The summed E-state index contributed by atoms with van der Waals surface area (Å²) < 4.78 is 1.79. The fourth-order valence-electron chi connectivity index (χ4n) is 2.72. The van der Waals surface area contributed by atoms with E-state index in [4.69, 9.17) is 0 Å². The van der Waals surface area contributed by atoms with Crippen molar-refractivity contribution in [1.82, 2.24) is 0 Å². The van der Waals surface area contributed by atoms with Gasteiger partial charge in [0.2, 0.25) is 6.54 Å². The second kappa shape index (κ2) is 8.81. The maximum atomic E-state index is 12.6. The smallest absolute Gasteiger partial charge is 0.290 e. The van der Waals surface area contributed by atoms with E-state index in [0.29, 0.717) is 16.9 Å². The van der Waals surface area contributed by atoms with Gasteiger partial charge >= 0.3 is 0 Å². The zero-order chi connectivity index (χ0) is 19.9.